The topological polar surface area (TPSA) is 68.1 Å². The molecule has 0 amide bonds. The van der Waals surface area contributed by atoms with Crippen molar-refractivity contribution in [1.82, 2.24) is 4.98 Å². The van der Waals surface area contributed by atoms with Crippen molar-refractivity contribution in [3.63, 3.8) is 0 Å². The molecule has 0 saturated heterocycles. The summed E-state index contributed by atoms with van der Waals surface area (Å²) in [5.41, 5.74) is 0.545. The molecule has 0 aliphatic rings. The number of nitrogens with zero attached hydrogens (tertiary/aromatic N) is 2. The van der Waals surface area contributed by atoms with Gasteiger partial charge in [-0.1, -0.05) is 24.3 Å². The summed E-state index contributed by atoms with van der Waals surface area (Å²) in [6.45, 7) is 0.265. The predicted molar refractivity (Wildman–Crippen MR) is 69.6 cm³/mol. The van der Waals surface area contributed by atoms with E-state index in [1.807, 2.05) is 0 Å². The molecule has 0 bridgehead atoms. The molecule has 1 aromatic carbocycles. The minimum absolute atomic E-state index is 0.0578. The van der Waals surface area contributed by atoms with Gasteiger partial charge in [0.2, 0.25) is 5.82 Å². The maximum absolute atomic E-state index is 12.4. The molecule has 0 radical (unpaired) electrons. The number of hydrogen-bond donors (Lipinski definition) is 1. The Morgan fingerprint density at radius 3 is 2.55 bits per heavy atom. The first-order valence-electron chi connectivity index (χ1n) is 5.78. The minimum atomic E-state index is -2.51. The highest BCUT2D eigenvalue weighted by atomic mass is 19.3. The monoisotopic (exact) mass is 279 g/mol. The van der Waals surface area contributed by atoms with Gasteiger partial charge in [0.1, 0.15) is 0 Å². The zero-order valence-corrected chi connectivity index (χ0v) is 10.3. The number of hydrogen-bond acceptors (Lipinski definition) is 4. The van der Waals surface area contributed by atoms with Crippen LogP contribution in [0.5, 0.6) is 0 Å². The molecule has 0 saturated carbocycles. The summed E-state index contributed by atoms with van der Waals surface area (Å²) in [5.74, 6) is 0.149. The maximum atomic E-state index is 12.4. The molecule has 2 rings (SSSR count). The van der Waals surface area contributed by atoms with Gasteiger partial charge in [-0.3, -0.25) is 10.1 Å². The molecule has 1 aromatic heterocycles. The molecule has 20 heavy (non-hydrogen) atoms. The minimum Gasteiger partial charge on any atom is -0.360 e. The number of nitrogens with one attached hydrogen (secondary N) is 1. The molecule has 5 nitrogen and oxygen atoms in total. The van der Waals surface area contributed by atoms with Crippen LogP contribution in [0.1, 0.15) is 17.6 Å². The second-order valence-electron chi connectivity index (χ2n) is 4.02. The fourth-order valence-electron chi connectivity index (χ4n) is 1.65. The summed E-state index contributed by atoms with van der Waals surface area (Å²) in [6, 6.07) is 8.56. The van der Waals surface area contributed by atoms with E-state index < -0.39 is 11.3 Å². The number of alkyl halides is 2. The fourth-order valence-corrected chi connectivity index (χ4v) is 1.65. The lowest BCUT2D eigenvalue weighted by atomic mass is 10.1. The van der Waals surface area contributed by atoms with Crippen LogP contribution < -0.4 is 5.32 Å². The summed E-state index contributed by atoms with van der Waals surface area (Å²) in [6.07, 6.45) is -1.07. The van der Waals surface area contributed by atoms with Crippen molar-refractivity contribution >= 4 is 11.5 Å². The molecule has 2 aromatic rings. The van der Waals surface area contributed by atoms with Gasteiger partial charge in [0, 0.05) is 24.4 Å². The van der Waals surface area contributed by atoms with Crippen LogP contribution in [0.4, 0.5) is 20.3 Å². The SMILES string of the molecule is O=[N+]([O-])c1cccnc1NCc1ccc(C(F)F)cc1. The van der Waals surface area contributed by atoms with Crippen LogP contribution in [0.2, 0.25) is 0 Å². The van der Waals surface area contributed by atoms with E-state index in [4.69, 9.17) is 0 Å². The number of aromatic nitrogens is 1. The third-order valence-corrected chi connectivity index (χ3v) is 2.67. The van der Waals surface area contributed by atoms with Gasteiger partial charge in [-0.25, -0.2) is 13.8 Å². The summed E-state index contributed by atoms with van der Waals surface area (Å²) >= 11 is 0. The van der Waals surface area contributed by atoms with Crippen molar-refractivity contribution in [1.29, 1.82) is 0 Å². The number of pyridine rings is 1. The average molecular weight is 279 g/mol. The summed E-state index contributed by atoms with van der Waals surface area (Å²) in [4.78, 5) is 14.2. The predicted octanol–water partition coefficient (Wildman–Crippen LogP) is 3.54. The molecule has 1 N–H and O–H groups in total. The largest absolute Gasteiger partial charge is 0.360 e. The van der Waals surface area contributed by atoms with Crippen LogP contribution >= 0.6 is 0 Å². The van der Waals surface area contributed by atoms with E-state index in [9.17, 15) is 18.9 Å². The van der Waals surface area contributed by atoms with E-state index in [1.54, 1.807) is 12.1 Å². The molecule has 0 unspecified atom stereocenters. The first-order chi connectivity index (χ1) is 9.58. The first-order valence-corrected chi connectivity index (χ1v) is 5.78. The van der Waals surface area contributed by atoms with E-state index in [2.05, 4.69) is 10.3 Å². The normalized spacial score (nSPS) is 10.6. The van der Waals surface area contributed by atoms with Crippen molar-refractivity contribution in [3.05, 3.63) is 63.8 Å². The van der Waals surface area contributed by atoms with E-state index in [1.165, 1.54) is 30.5 Å². The van der Waals surface area contributed by atoms with Crippen LogP contribution in [-0.2, 0) is 6.54 Å². The molecule has 0 aliphatic heterocycles. The van der Waals surface area contributed by atoms with Gasteiger partial charge in [0.15, 0.2) is 0 Å². The molecule has 1 heterocycles. The van der Waals surface area contributed by atoms with Gasteiger partial charge in [-0.2, -0.15) is 0 Å². The number of benzene rings is 1. The first kappa shape index (κ1) is 13.9. The van der Waals surface area contributed by atoms with Gasteiger partial charge in [0.05, 0.1) is 4.92 Å². The smallest absolute Gasteiger partial charge is 0.311 e. The third kappa shape index (κ3) is 3.25. The standard InChI is InChI=1S/C13H11F2N3O2/c14-12(15)10-5-3-9(4-6-10)8-17-13-11(18(19)20)2-1-7-16-13/h1-7,12H,8H2,(H,16,17). The van der Waals surface area contributed by atoms with Gasteiger partial charge < -0.3 is 5.32 Å². The molecule has 0 aliphatic carbocycles. The molecule has 7 heteroatoms. The van der Waals surface area contributed by atoms with Crippen LogP contribution in [0.25, 0.3) is 0 Å². The van der Waals surface area contributed by atoms with Crippen molar-refractivity contribution in [2.45, 2.75) is 13.0 Å². The second kappa shape index (κ2) is 6.05. The lowest BCUT2D eigenvalue weighted by Gasteiger charge is -2.07. The Morgan fingerprint density at radius 1 is 1.25 bits per heavy atom. The fraction of sp³-hybridized carbons (Fsp3) is 0.154. The van der Waals surface area contributed by atoms with Crippen LogP contribution in [0.15, 0.2) is 42.6 Å². The molecule has 0 fully saturated rings. The molecular formula is C13H11F2N3O2. The third-order valence-electron chi connectivity index (χ3n) is 2.67. The van der Waals surface area contributed by atoms with Gasteiger partial charge in [-0.05, 0) is 11.6 Å². The lowest BCUT2D eigenvalue weighted by Crippen LogP contribution is -2.04. The van der Waals surface area contributed by atoms with Gasteiger partial charge in [-0.15, -0.1) is 0 Å². The van der Waals surface area contributed by atoms with Gasteiger partial charge >= 0.3 is 5.69 Å². The van der Waals surface area contributed by atoms with Crippen LogP contribution in [0, 0.1) is 10.1 Å². The Labute approximate surface area is 113 Å². The van der Waals surface area contributed by atoms with Gasteiger partial charge in [0.25, 0.3) is 6.43 Å². The van der Waals surface area contributed by atoms with Crippen molar-refractivity contribution in [2.24, 2.45) is 0 Å². The zero-order valence-electron chi connectivity index (χ0n) is 10.3. The number of anilines is 1. The van der Waals surface area contributed by atoms with E-state index in [0.29, 0.717) is 0 Å². The average Bonchev–Trinajstić information content (AvgIpc) is 2.45. The highest BCUT2D eigenvalue weighted by Gasteiger charge is 2.13. The van der Waals surface area contributed by atoms with Crippen LogP contribution in [-0.4, -0.2) is 9.91 Å². The molecule has 0 spiro atoms. The summed E-state index contributed by atoms with van der Waals surface area (Å²) in [5, 5.41) is 13.6. The zero-order chi connectivity index (χ0) is 14.5. The Balaban J connectivity index is 2.07. The Kier molecular flexibility index (Phi) is 4.19. The Hall–Kier alpha value is -2.57. The van der Waals surface area contributed by atoms with E-state index in [-0.39, 0.29) is 23.6 Å². The number of nitro groups is 1. The molecule has 0 atom stereocenters. The maximum Gasteiger partial charge on any atom is 0.311 e. The second-order valence-corrected chi connectivity index (χ2v) is 4.02. The van der Waals surface area contributed by atoms with Crippen LogP contribution in [0.3, 0.4) is 0 Å². The highest BCUT2D eigenvalue weighted by Crippen LogP contribution is 2.22. The molecular weight excluding hydrogens is 268 g/mol. The summed E-state index contributed by atoms with van der Waals surface area (Å²) in [7, 11) is 0. The lowest BCUT2D eigenvalue weighted by molar-refractivity contribution is -0.384. The van der Waals surface area contributed by atoms with Crippen molar-refractivity contribution < 1.29 is 13.7 Å². The Morgan fingerprint density at radius 2 is 1.95 bits per heavy atom. The quantitative estimate of drug-likeness (QED) is 0.671. The number of halogens is 2. The van der Waals surface area contributed by atoms with Crippen molar-refractivity contribution in [3.8, 4) is 0 Å². The van der Waals surface area contributed by atoms with E-state index >= 15 is 0 Å². The summed E-state index contributed by atoms with van der Waals surface area (Å²) < 4.78 is 24.8. The highest BCUT2D eigenvalue weighted by molar-refractivity contribution is 5.55. The molecule has 104 valence electrons. The van der Waals surface area contributed by atoms with Crippen molar-refractivity contribution in [2.75, 3.05) is 5.32 Å². The van der Waals surface area contributed by atoms with E-state index in [0.717, 1.165) is 5.56 Å². The Bertz CT molecular complexity index is 603. The number of rotatable bonds is 5.